The zero-order valence-corrected chi connectivity index (χ0v) is 17.6. The van der Waals surface area contributed by atoms with Gasteiger partial charge >= 0.3 is 0 Å². The number of furan rings is 1. The molecule has 1 aromatic carbocycles. The molecule has 1 fully saturated rings. The number of nitrogens with one attached hydrogen (secondary N) is 1. The second kappa shape index (κ2) is 7.66. The highest BCUT2D eigenvalue weighted by Crippen LogP contribution is 2.28. The summed E-state index contributed by atoms with van der Waals surface area (Å²) < 4.78 is 7.31. The molecule has 1 unspecified atom stereocenters. The van der Waals surface area contributed by atoms with E-state index in [1.54, 1.807) is 6.33 Å². The molecule has 1 N–H and O–H groups in total. The Morgan fingerprint density at radius 2 is 1.93 bits per heavy atom. The summed E-state index contributed by atoms with van der Waals surface area (Å²) in [6.45, 7) is 9.96. The van der Waals surface area contributed by atoms with Crippen molar-refractivity contribution in [3.05, 3.63) is 71.5 Å². The molecule has 30 heavy (non-hydrogen) atoms. The topological polar surface area (TPSA) is 72.0 Å². The van der Waals surface area contributed by atoms with Crippen LogP contribution in [0.5, 0.6) is 0 Å². The first-order chi connectivity index (χ1) is 14.6. The lowest BCUT2D eigenvalue weighted by atomic mass is 9.96. The third kappa shape index (κ3) is 3.40. The molecule has 7 nitrogen and oxygen atoms in total. The van der Waals surface area contributed by atoms with Crippen LogP contribution in [-0.2, 0) is 6.54 Å². The number of benzene rings is 1. The standard InChI is InChI=1S/C23H26N6O/c1-15-20(5-4-19-12-30-13-21(15)19)22-11-28(7-6-24-22)10-18-8-25-23(26-9-18)29-14-27-16(2)17(29)3/h4-5,8-9,12-14,22,24H,6-7,10-11H2,1-3H3. The largest absolute Gasteiger partial charge is 0.471 e. The summed E-state index contributed by atoms with van der Waals surface area (Å²) in [4.78, 5) is 15.9. The molecule has 1 aliphatic heterocycles. The SMILES string of the molecule is Cc1ncn(-c2ncc(CN3CCNC(c4ccc5cocc5c4C)C3)cn2)c1C. The van der Waals surface area contributed by atoms with E-state index in [9.17, 15) is 0 Å². The fraction of sp³-hybridized carbons (Fsp3) is 0.348. The Bertz CT molecular complexity index is 1180. The van der Waals surface area contributed by atoms with Gasteiger partial charge in [0.05, 0.1) is 18.2 Å². The lowest BCUT2D eigenvalue weighted by Crippen LogP contribution is -2.45. The normalized spacial score (nSPS) is 17.6. The van der Waals surface area contributed by atoms with Crippen LogP contribution in [0.4, 0.5) is 0 Å². The van der Waals surface area contributed by atoms with Gasteiger partial charge < -0.3 is 9.73 Å². The van der Waals surface area contributed by atoms with Crippen molar-refractivity contribution in [2.24, 2.45) is 0 Å². The van der Waals surface area contributed by atoms with Crippen LogP contribution in [0.15, 0.2) is 47.8 Å². The van der Waals surface area contributed by atoms with E-state index in [1.165, 1.54) is 16.5 Å². The molecule has 0 aliphatic carbocycles. The molecule has 0 saturated carbocycles. The maximum atomic E-state index is 5.39. The second-order valence-electron chi connectivity index (χ2n) is 8.07. The number of hydrogen-bond donors (Lipinski definition) is 1. The summed E-state index contributed by atoms with van der Waals surface area (Å²) in [5, 5.41) is 6.03. The van der Waals surface area contributed by atoms with Crippen molar-refractivity contribution in [1.82, 2.24) is 29.7 Å². The molecule has 0 bridgehead atoms. The van der Waals surface area contributed by atoms with E-state index in [-0.39, 0.29) is 0 Å². The van der Waals surface area contributed by atoms with Crippen LogP contribution < -0.4 is 5.32 Å². The van der Waals surface area contributed by atoms with Crippen molar-refractivity contribution in [3.63, 3.8) is 0 Å². The second-order valence-corrected chi connectivity index (χ2v) is 8.07. The first-order valence-electron chi connectivity index (χ1n) is 10.3. The van der Waals surface area contributed by atoms with Crippen LogP contribution >= 0.6 is 0 Å². The van der Waals surface area contributed by atoms with Crippen molar-refractivity contribution >= 4 is 10.8 Å². The Labute approximate surface area is 175 Å². The maximum absolute atomic E-state index is 5.39. The van der Waals surface area contributed by atoms with Gasteiger partial charge in [-0.2, -0.15) is 0 Å². The molecule has 154 valence electrons. The summed E-state index contributed by atoms with van der Waals surface area (Å²) in [5.41, 5.74) is 5.82. The number of nitrogens with zero attached hydrogens (tertiary/aromatic N) is 5. The maximum Gasteiger partial charge on any atom is 0.235 e. The van der Waals surface area contributed by atoms with Crippen LogP contribution in [0.3, 0.4) is 0 Å². The first-order valence-corrected chi connectivity index (χ1v) is 10.3. The molecule has 1 saturated heterocycles. The Morgan fingerprint density at radius 3 is 2.70 bits per heavy atom. The summed E-state index contributed by atoms with van der Waals surface area (Å²) >= 11 is 0. The van der Waals surface area contributed by atoms with E-state index in [1.807, 2.05) is 43.3 Å². The molecule has 1 atom stereocenters. The van der Waals surface area contributed by atoms with Crippen molar-refractivity contribution in [2.45, 2.75) is 33.4 Å². The van der Waals surface area contributed by atoms with E-state index >= 15 is 0 Å². The predicted octanol–water partition coefficient (Wildman–Crippen LogP) is 3.48. The van der Waals surface area contributed by atoms with Crippen LogP contribution in [0.2, 0.25) is 0 Å². The minimum atomic E-state index is 0.301. The zero-order valence-electron chi connectivity index (χ0n) is 17.6. The summed E-state index contributed by atoms with van der Waals surface area (Å²) in [6.07, 6.45) is 9.29. The highest BCUT2D eigenvalue weighted by atomic mass is 16.3. The fourth-order valence-corrected chi connectivity index (χ4v) is 4.25. The lowest BCUT2D eigenvalue weighted by molar-refractivity contribution is 0.192. The van der Waals surface area contributed by atoms with Gasteiger partial charge in [-0.1, -0.05) is 12.1 Å². The van der Waals surface area contributed by atoms with Gasteiger partial charge in [0.2, 0.25) is 5.95 Å². The number of fused-ring (bicyclic) bond motifs is 1. The van der Waals surface area contributed by atoms with Gasteiger partial charge in [-0.25, -0.2) is 15.0 Å². The number of hydrogen-bond acceptors (Lipinski definition) is 6. The van der Waals surface area contributed by atoms with E-state index < -0.39 is 0 Å². The molecule has 0 radical (unpaired) electrons. The number of imidazole rings is 1. The van der Waals surface area contributed by atoms with Gasteiger partial charge in [-0.15, -0.1) is 0 Å². The number of aromatic nitrogens is 4. The molecule has 0 amide bonds. The number of piperazine rings is 1. The van der Waals surface area contributed by atoms with Crippen LogP contribution in [0.25, 0.3) is 16.7 Å². The number of aryl methyl sites for hydroxylation is 2. The minimum Gasteiger partial charge on any atom is -0.471 e. The Morgan fingerprint density at radius 1 is 1.10 bits per heavy atom. The molecule has 7 heteroatoms. The zero-order chi connectivity index (χ0) is 20.7. The van der Waals surface area contributed by atoms with Crippen LogP contribution in [0, 0.1) is 20.8 Å². The fourth-order valence-electron chi connectivity index (χ4n) is 4.25. The van der Waals surface area contributed by atoms with Crippen molar-refractivity contribution in [3.8, 4) is 5.95 Å². The van der Waals surface area contributed by atoms with Gasteiger partial charge in [-0.3, -0.25) is 9.47 Å². The molecule has 3 aromatic heterocycles. The molecule has 4 heterocycles. The molecule has 5 rings (SSSR count). The highest BCUT2D eigenvalue weighted by molar-refractivity contribution is 5.85. The van der Waals surface area contributed by atoms with E-state index in [0.717, 1.165) is 48.5 Å². The van der Waals surface area contributed by atoms with Gasteiger partial charge in [0.1, 0.15) is 6.33 Å². The summed E-state index contributed by atoms with van der Waals surface area (Å²) in [5.74, 6) is 0.666. The van der Waals surface area contributed by atoms with Crippen molar-refractivity contribution in [1.29, 1.82) is 0 Å². The molecule has 4 aromatic rings. The number of rotatable bonds is 4. The summed E-state index contributed by atoms with van der Waals surface area (Å²) in [7, 11) is 0. The minimum absolute atomic E-state index is 0.301. The Balaban J connectivity index is 1.30. The van der Waals surface area contributed by atoms with Crippen molar-refractivity contribution < 1.29 is 4.42 Å². The Kier molecular flexibility index (Phi) is 4.84. The van der Waals surface area contributed by atoms with Gasteiger partial charge in [0, 0.05) is 66.6 Å². The molecule has 0 spiro atoms. The summed E-state index contributed by atoms with van der Waals surface area (Å²) in [6, 6.07) is 4.67. The predicted molar refractivity (Wildman–Crippen MR) is 116 cm³/mol. The van der Waals surface area contributed by atoms with Crippen LogP contribution in [0.1, 0.15) is 34.1 Å². The van der Waals surface area contributed by atoms with Gasteiger partial charge in [0.25, 0.3) is 0 Å². The van der Waals surface area contributed by atoms with E-state index in [4.69, 9.17) is 4.42 Å². The van der Waals surface area contributed by atoms with E-state index in [2.05, 4.69) is 44.2 Å². The van der Waals surface area contributed by atoms with E-state index in [0.29, 0.717) is 12.0 Å². The Hall–Kier alpha value is -3.03. The highest BCUT2D eigenvalue weighted by Gasteiger charge is 2.23. The smallest absolute Gasteiger partial charge is 0.235 e. The average molecular weight is 403 g/mol. The quantitative estimate of drug-likeness (QED) is 0.563. The monoisotopic (exact) mass is 402 g/mol. The van der Waals surface area contributed by atoms with Crippen molar-refractivity contribution in [2.75, 3.05) is 19.6 Å². The molecule has 1 aliphatic rings. The molecular weight excluding hydrogens is 376 g/mol. The third-order valence-corrected chi connectivity index (χ3v) is 6.17. The van der Waals surface area contributed by atoms with Gasteiger partial charge in [0.15, 0.2) is 0 Å². The average Bonchev–Trinajstić information content (AvgIpc) is 3.37. The third-order valence-electron chi connectivity index (χ3n) is 6.17. The first kappa shape index (κ1) is 19.0. The van der Waals surface area contributed by atoms with Gasteiger partial charge in [-0.05, 0) is 31.9 Å². The molecular formula is C23H26N6O. The van der Waals surface area contributed by atoms with Crippen LogP contribution in [-0.4, -0.2) is 44.1 Å². The lowest BCUT2D eigenvalue weighted by Gasteiger charge is -2.34.